The number of methoxy groups -OCH3 is 1. The number of nitrogens with zero attached hydrogens (tertiary/aromatic N) is 9. The molecule has 446 valence electrons. The fraction of sp³-hybridized carbons (Fsp3) is 0.361. The SMILES string of the molecule is CC(C)c1nc(CN(C)C(=O)N[C@H](C(=O)N[C@@H](Cc2ccccc2)C[C@H](O)[C@H](Cc2ccccc2)NC(=O)OCc2cncs2)C(C)C)cs1.COc1cnc(-n2cnc(C)n2)c2[nH]cc(C(=O)C(=O)N3CCN(C(=O)c4ccccc4)CC3)c12. The Hall–Kier alpha value is -8.87. The second-order valence-corrected chi connectivity index (χ2v) is 23.0. The number of alkyl carbamates (subject to hydrolysis) is 1. The van der Waals surface area contributed by atoms with Crippen molar-refractivity contribution in [2.24, 2.45) is 5.92 Å². The molecule has 24 heteroatoms. The number of pyridine rings is 1. The lowest BCUT2D eigenvalue weighted by atomic mass is 9.93. The van der Waals surface area contributed by atoms with E-state index < -0.39 is 42.0 Å². The zero-order chi connectivity index (χ0) is 60.6. The number of aliphatic hydroxyl groups is 1. The summed E-state index contributed by atoms with van der Waals surface area (Å²) in [4.78, 5) is 105. The number of aliphatic hydroxyl groups excluding tert-OH is 1. The maximum atomic E-state index is 13.9. The lowest BCUT2D eigenvalue weighted by molar-refractivity contribution is -0.128. The molecule has 0 radical (unpaired) electrons. The number of Topliss-reactive ketones (excluding diaryl/α,β-unsaturated/α-hetero) is 1. The third kappa shape index (κ3) is 16.7. The minimum atomic E-state index is -1.05. The summed E-state index contributed by atoms with van der Waals surface area (Å²) >= 11 is 2.95. The first-order chi connectivity index (χ1) is 41.0. The number of aromatic nitrogens is 7. The molecule has 0 aliphatic carbocycles. The molecule has 22 nitrogen and oxygen atoms in total. The maximum Gasteiger partial charge on any atom is 0.407 e. The zero-order valence-corrected chi connectivity index (χ0v) is 50.1. The van der Waals surface area contributed by atoms with Crippen molar-refractivity contribution >= 4 is 69.2 Å². The molecule has 85 heavy (non-hydrogen) atoms. The van der Waals surface area contributed by atoms with Gasteiger partial charge in [0.15, 0.2) is 5.82 Å². The van der Waals surface area contributed by atoms with E-state index in [4.69, 9.17) is 9.47 Å². The number of piperazine rings is 1. The number of urea groups is 1. The van der Waals surface area contributed by atoms with Crippen LogP contribution in [-0.4, -0.2) is 155 Å². The molecule has 0 spiro atoms. The molecule has 0 bridgehead atoms. The first-order valence-corrected chi connectivity index (χ1v) is 29.7. The molecule has 1 aliphatic rings. The molecule has 1 saturated heterocycles. The van der Waals surface area contributed by atoms with E-state index in [9.17, 15) is 33.9 Å². The third-order valence-corrected chi connectivity index (χ3v) is 16.1. The van der Waals surface area contributed by atoms with E-state index in [0.717, 1.165) is 26.7 Å². The second kappa shape index (κ2) is 29.6. The Bertz CT molecular complexity index is 3500. The van der Waals surface area contributed by atoms with Crippen LogP contribution in [0.1, 0.15) is 93.3 Å². The monoisotopic (exact) mass is 1190 g/mol. The van der Waals surface area contributed by atoms with Crippen LogP contribution in [0.4, 0.5) is 9.59 Å². The van der Waals surface area contributed by atoms with E-state index in [1.807, 2.05) is 98.1 Å². The van der Waals surface area contributed by atoms with Crippen molar-refractivity contribution in [3.63, 3.8) is 0 Å². The third-order valence-electron chi connectivity index (χ3n) is 14.1. The van der Waals surface area contributed by atoms with Crippen LogP contribution in [0.25, 0.3) is 16.7 Å². The van der Waals surface area contributed by atoms with Gasteiger partial charge in [0.05, 0.1) is 69.6 Å². The van der Waals surface area contributed by atoms with Crippen LogP contribution in [0.3, 0.4) is 0 Å². The maximum absolute atomic E-state index is 13.9. The van der Waals surface area contributed by atoms with E-state index in [1.54, 1.807) is 54.0 Å². The van der Waals surface area contributed by atoms with Gasteiger partial charge in [0.25, 0.3) is 17.6 Å². The van der Waals surface area contributed by atoms with E-state index in [1.165, 1.54) is 51.6 Å². The summed E-state index contributed by atoms with van der Waals surface area (Å²) in [5.74, 6) is -0.301. The lowest BCUT2D eigenvalue weighted by Gasteiger charge is -2.34. The Morgan fingerprint density at radius 1 is 0.812 bits per heavy atom. The van der Waals surface area contributed by atoms with Crippen LogP contribution in [0.15, 0.2) is 127 Å². The van der Waals surface area contributed by atoms with Gasteiger partial charge in [-0.05, 0) is 55.4 Å². The van der Waals surface area contributed by atoms with E-state index in [0.29, 0.717) is 72.3 Å². The Kier molecular flexibility index (Phi) is 21.6. The van der Waals surface area contributed by atoms with Crippen LogP contribution in [0.2, 0.25) is 0 Å². The molecule has 3 aromatic carbocycles. The van der Waals surface area contributed by atoms with Gasteiger partial charge in [0.2, 0.25) is 5.91 Å². The summed E-state index contributed by atoms with van der Waals surface area (Å²) in [6.07, 6.45) is 5.32. The zero-order valence-electron chi connectivity index (χ0n) is 48.5. The summed E-state index contributed by atoms with van der Waals surface area (Å²) in [5.41, 5.74) is 5.64. The molecule has 6 heterocycles. The van der Waals surface area contributed by atoms with Gasteiger partial charge >= 0.3 is 12.1 Å². The Balaban J connectivity index is 0.000000235. The van der Waals surface area contributed by atoms with E-state index in [-0.39, 0.29) is 55.4 Å². The number of H-pyrrole nitrogens is 1. The Morgan fingerprint density at radius 2 is 1.47 bits per heavy atom. The molecule has 1 aliphatic heterocycles. The molecule has 4 atom stereocenters. The van der Waals surface area contributed by atoms with Crippen molar-refractivity contribution < 1.29 is 43.3 Å². The number of carbonyl (C=O) groups is 6. The topological polar surface area (TPSA) is 272 Å². The highest BCUT2D eigenvalue weighted by atomic mass is 32.1. The average Bonchev–Trinajstić information content (AvgIpc) is 2.58. The number of rotatable bonds is 22. The Labute approximate surface area is 501 Å². The number of hydrogen-bond acceptors (Lipinski definition) is 16. The molecule has 0 saturated carbocycles. The standard InChI is InChI=1S/C37H48N6O5S2.C24H23N7O4/c1-24(2)33(42-36(46)43(5)20-29-22-49-35(40-29)25(3)4)34(45)39-28(16-26-12-8-6-9-13-26)18-32(44)31(17-27-14-10-7-11-15-27)41-37(47)48-21-30-19-38-23-50-30;1-15-27-14-31(28-15)22-20-19(18(35-2)13-26-22)17(12-25-20)21(32)24(34)30-10-8-29(9-11-30)23(33)16-6-4-3-5-7-16/h6-15,19,22-25,28,31-33,44H,16-18,20-21H2,1-5H3,(H,39,45)(H,41,47)(H,42,46);3-7,12-14,25H,8-11H2,1-2H3/t28-,31-,32-,33-;/m0./s1. The number of aromatic amines is 1. The molecule has 0 unspecified atom stereocenters. The number of fused-ring (bicyclic) bond motifs is 1. The molecule has 1 fully saturated rings. The van der Waals surface area contributed by atoms with Crippen molar-refractivity contribution in [1.29, 1.82) is 0 Å². The van der Waals surface area contributed by atoms with Crippen LogP contribution >= 0.6 is 22.7 Å². The summed E-state index contributed by atoms with van der Waals surface area (Å²) in [5, 5.41) is 28.2. The molecule has 9 rings (SSSR count). The van der Waals surface area contributed by atoms with Crippen molar-refractivity contribution in [2.45, 2.75) is 97.2 Å². The molecule has 5 aromatic heterocycles. The first-order valence-electron chi connectivity index (χ1n) is 27.9. The number of ether oxygens (including phenoxy) is 2. The van der Waals surface area contributed by atoms with Crippen LogP contribution in [0, 0.1) is 12.8 Å². The van der Waals surface area contributed by atoms with Gasteiger partial charge in [0.1, 0.15) is 30.5 Å². The Morgan fingerprint density at radius 3 is 2.07 bits per heavy atom. The van der Waals surface area contributed by atoms with Crippen molar-refractivity contribution in [1.82, 2.24) is 65.4 Å². The number of ketones is 1. The highest BCUT2D eigenvalue weighted by Crippen LogP contribution is 2.32. The molecular weight excluding hydrogens is 1120 g/mol. The number of thiazole rings is 2. The van der Waals surface area contributed by atoms with Gasteiger partial charge in [-0.15, -0.1) is 22.7 Å². The van der Waals surface area contributed by atoms with Gasteiger partial charge < -0.3 is 50.2 Å². The lowest BCUT2D eigenvalue weighted by Crippen LogP contribution is -2.55. The minimum Gasteiger partial charge on any atom is -0.494 e. The second-order valence-electron chi connectivity index (χ2n) is 21.2. The van der Waals surface area contributed by atoms with Crippen LogP contribution in [0.5, 0.6) is 5.75 Å². The number of amides is 6. The number of carbonyl (C=O) groups excluding carboxylic acids is 6. The van der Waals surface area contributed by atoms with Crippen LogP contribution < -0.4 is 20.7 Å². The summed E-state index contributed by atoms with van der Waals surface area (Å²) in [7, 11) is 3.15. The fourth-order valence-corrected chi connectivity index (χ4v) is 10.9. The minimum absolute atomic E-state index is 0.0671. The van der Waals surface area contributed by atoms with Crippen LogP contribution in [-0.2, 0) is 40.3 Å². The van der Waals surface area contributed by atoms with Gasteiger partial charge in [0, 0.05) is 68.5 Å². The quantitative estimate of drug-likeness (QED) is 0.0324. The number of aryl methyl sites for hydroxylation is 1. The van der Waals surface area contributed by atoms with Gasteiger partial charge in [-0.3, -0.25) is 24.2 Å². The summed E-state index contributed by atoms with van der Waals surface area (Å²) in [6.45, 7) is 11.3. The summed E-state index contributed by atoms with van der Waals surface area (Å²) < 4.78 is 12.3. The average molecular weight is 1190 g/mol. The normalized spacial score (nSPS) is 13.7. The van der Waals surface area contributed by atoms with Gasteiger partial charge in [-0.2, -0.15) is 5.10 Å². The highest BCUT2D eigenvalue weighted by Gasteiger charge is 2.33. The predicted octanol–water partition coefficient (Wildman–Crippen LogP) is 7.53. The summed E-state index contributed by atoms with van der Waals surface area (Å²) in [6, 6.07) is 25.8. The predicted molar refractivity (Wildman–Crippen MR) is 322 cm³/mol. The van der Waals surface area contributed by atoms with Gasteiger partial charge in [-0.25, -0.2) is 29.2 Å². The van der Waals surface area contributed by atoms with E-state index in [2.05, 4.69) is 59.8 Å². The fourth-order valence-electron chi connectivity index (χ4n) is 9.58. The molecule has 8 aromatic rings. The van der Waals surface area contributed by atoms with Crippen molar-refractivity contribution in [3.05, 3.63) is 170 Å². The number of nitrogens with one attached hydrogen (secondary N) is 4. The van der Waals surface area contributed by atoms with Gasteiger partial charge in [-0.1, -0.05) is 107 Å². The van der Waals surface area contributed by atoms with E-state index >= 15 is 0 Å². The van der Waals surface area contributed by atoms with Crippen molar-refractivity contribution in [2.75, 3.05) is 40.3 Å². The van der Waals surface area contributed by atoms with Crippen molar-refractivity contribution in [3.8, 4) is 11.6 Å². The molecule has 5 N–H and O–H groups in total. The molecular formula is C61H71N13O9S2. The smallest absolute Gasteiger partial charge is 0.407 e. The first kappa shape index (κ1) is 62.2. The largest absolute Gasteiger partial charge is 0.494 e. The number of hydrogen-bond donors (Lipinski definition) is 5. The highest BCUT2D eigenvalue weighted by molar-refractivity contribution is 7.09. The number of benzene rings is 3. The molecule has 6 amide bonds.